The highest BCUT2D eigenvalue weighted by molar-refractivity contribution is 5.90. The van der Waals surface area contributed by atoms with Crippen molar-refractivity contribution in [3.63, 3.8) is 0 Å². The molecule has 3 aliphatic rings. The Morgan fingerprint density at radius 3 is 2.55 bits per heavy atom. The second-order valence-corrected chi connectivity index (χ2v) is 8.18. The summed E-state index contributed by atoms with van der Waals surface area (Å²) in [7, 11) is 3.21. The van der Waals surface area contributed by atoms with E-state index in [1.54, 1.807) is 19.1 Å². The molecule has 1 aliphatic carbocycles. The summed E-state index contributed by atoms with van der Waals surface area (Å²) >= 11 is 0. The van der Waals surface area contributed by atoms with Gasteiger partial charge in [-0.1, -0.05) is 35.9 Å². The van der Waals surface area contributed by atoms with Gasteiger partial charge >= 0.3 is 0 Å². The van der Waals surface area contributed by atoms with E-state index in [0.29, 0.717) is 19.5 Å². The van der Waals surface area contributed by atoms with Crippen molar-refractivity contribution in [3.8, 4) is 0 Å². The topological polar surface area (TPSA) is 59.1 Å². The van der Waals surface area contributed by atoms with E-state index in [1.165, 1.54) is 11.1 Å². The Balaban J connectivity index is 1.42. The van der Waals surface area contributed by atoms with Crippen LogP contribution in [-0.2, 0) is 25.5 Å². The zero-order valence-corrected chi connectivity index (χ0v) is 17.3. The van der Waals surface area contributed by atoms with Gasteiger partial charge in [-0.25, -0.2) is 0 Å². The van der Waals surface area contributed by atoms with E-state index in [2.05, 4.69) is 18.2 Å². The Kier molecular flexibility index (Phi) is 6.01. The number of benzene rings is 1. The van der Waals surface area contributed by atoms with Gasteiger partial charge in [0, 0.05) is 33.7 Å². The molecule has 0 N–H and O–H groups in total. The van der Waals surface area contributed by atoms with E-state index in [-0.39, 0.29) is 23.9 Å². The fraction of sp³-hybridized carbons (Fsp3) is 0.565. The van der Waals surface area contributed by atoms with E-state index in [4.69, 9.17) is 9.47 Å². The van der Waals surface area contributed by atoms with Crippen LogP contribution in [0.3, 0.4) is 0 Å². The average molecular weight is 399 g/mol. The molecule has 2 amide bonds. The molecule has 4 rings (SSSR count). The summed E-state index contributed by atoms with van der Waals surface area (Å²) in [6.07, 6.45) is 6.32. The third-order valence-electron chi connectivity index (χ3n) is 6.43. The Morgan fingerprint density at radius 2 is 1.79 bits per heavy atom. The average Bonchev–Trinajstić information content (AvgIpc) is 3.47. The van der Waals surface area contributed by atoms with Gasteiger partial charge in [-0.05, 0) is 43.2 Å². The predicted molar refractivity (Wildman–Crippen MR) is 110 cm³/mol. The van der Waals surface area contributed by atoms with Gasteiger partial charge in [0.05, 0.1) is 6.04 Å². The fourth-order valence-corrected chi connectivity index (χ4v) is 5.03. The maximum absolute atomic E-state index is 13.3. The van der Waals surface area contributed by atoms with E-state index in [9.17, 15) is 9.59 Å². The normalized spacial score (nSPS) is 23.6. The highest BCUT2D eigenvalue weighted by Crippen LogP contribution is 2.30. The molecule has 2 fully saturated rings. The number of fused-ring (bicyclic) bond motifs is 1. The van der Waals surface area contributed by atoms with Crippen LogP contribution in [0.15, 0.2) is 29.8 Å². The quantitative estimate of drug-likeness (QED) is 0.691. The van der Waals surface area contributed by atoms with Gasteiger partial charge in [-0.2, -0.15) is 0 Å². The fourth-order valence-electron chi connectivity index (χ4n) is 5.03. The number of hydrogen-bond acceptors (Lipinski definition) is 4. The van der Waals surface area contributed by atoms with Crippen molar-refractivity contribution in [1.29, 1.82) is 0 Å². The first-order valence-corrected chi connectivity index (χ1v) is 10.5. The van der Waals surface area contributed by atoms with Gasteiger partial charge in [-0.3, -0.25) is 9.59 Å². The molecule has 2 aliphatic heterocycles. The summed E-state index contributed by atoms with van der Waals surface area (Å²) in [5, 5.41) is 0. The molecule has 6 nitrogen and oxygen atoms in total. The lowest BCUT2D eigenvalue weighted by molar-refractivity contribution is -0.161. The third kappa shape index (κ3) is 3.96. The highest BCUT2D eigenvalue weighted by atomic mass is 16.7. The Morgan fingerprint density at radius 1 is 1.07 bits per heavy atom. The Labute approximate surface area is 172 Å². The predicted octanol–water partition coefficient (Wildman–Crippen LogP) is 2.62. The van der Waals surface area contributed by atoms with Crippen LogP contribution < -0.4 is 0 Å². The zero-order chi connectivity index (χ0) is 20.4. The number of carbonyl (C=O) groups excluding carboxylic acids is 2. The first kappa shape index (κ1) is 20.1. The van der Waals surface area contributed by atoms with E-state index < -0.39 is 6.29 Å². The van der Waals surface area contributed by atoms with Crippen LogP contribution in [0.1, 0.15) is 43.2 Å². The van der Waals surface area contributed by atoms with Gasteiger partial charge < -0.3 is 19.3 Å². The van der Waals surface area contributed by atoms with Crippen molar-refractivity contribution in [2.24, 2.45) is 0 Å². The number of hydrogen-bond donors (Lipinski definition) is 0. The molecular weight excluding hydrogens is 368 g/mol. The van der Waals surface area contributed by atoms with Gasteiger partial charge in [-0.15, -0.1) is 0 Å². The van der Waals surface area contributed by atoms with Gasteiger partial charge in [0.2, 0.25) is 11.8 Å². The SMILES string of the molecule is COC(OC)C1CCCN1C(=O)[C@@H]1CCCN1C(=O)CC1=Cc2ccccc2C1. The maximum Gasteiger partial charge on any atom is 0.245 e. The molecule has 6 heteroatoms. The summed E-state index contributed by atoms with van der Waals surface area (Å²) in [6, 6.07) is 7.82. The van der Waals surface area contributed by atoms with E-state index >= 15 is 0 Å². The lowest BCUT2D eigenvalue weighted by Gasteiger charge is -2.34. The van der Waals surface area contributed by atoms with Crippen molar-refractivity contribution >= 4 is 17.9 Å². The molecule has 1 aromatic rings. The first-order valence-electron chi connectivity index (χ1n) is 10.5. The van der Waals surface area contributed by atoms with Gasteiger partial charge in [0.25, 0.3) is 0 Å². The molecule has 2 atom stereocenters. The summed E-state index contributed by atoms with van der Waals surface area (Å²) in [5.74, 6) is 0.104. The van der Waals surface area contributed by atoms with E-state index in [0.717, 1.165) is 37.7 Å². The van der Waals surface area contributed by atoms with Crippen LogP contribution in [0.4, 0.5) is 0 Å². The lowest BCUT2D eigenvalue weighted by Crippen LogP contribution is -2.52. The smallest absolute Gasteiger partial charge is 0.245 e. The van der Waals surface area contributed by atoms with Crippen molar-refractivity contribution in [1.82, 2.24) is 9.80 Å². The summed E-state index contributed by atoms with van der Waals surface area (Å²) in [5.41, 5.74) is 3.61. The molecule has 29 heavy (non-hydrogen) atoms. The van der Waals surface area contributed by atoms with Crippen LogP contribution in [0.25, 0.3) is 6.08 Å². The number of carbonyl (C=O) groups is 2. The summed E-state index contributed by atoms with van der Waals surface area (Å²) < 4.78 is 10.8. The van der Waals surface area contributed by atoms with Crippen LogP contribution in [0.5, 0.6) is 0 Å². The molecular formula is C23H30N2O4. The molecule has 0 saturated carbocycles. The molecule has 0 aromatic heterocycles. The largest absolute Gasteiger partial charge is 0.354 e. The molecule has 0 radical (unpaired) electrons. The molecule has 2 saturated heterocycles. The van der Waals surface area contributed by atoms with Crippen molar-refractivity contribution < 1.29 is 19.1 Å². The van der Waals surface area contributed by atoms with Gasteiger partial charge in [0.1, 0.15) is 6.04 Å². The zero-order valence-electron chi connectivity index (χ0n) is 17.3. The molecule has 2 heterocycles. The molecule has 156 valence electrons. The van der Waals surface area contributed by atoms with Crippen LogP contribution >= 0.6 is 0 Å². The van der Waals surface area contributed by atoms with Crippen LogP contribution in [0, 0.1) is 0 Å². The third-order valence-corrected chi connectivity index (χ3v) is 6.43. The number of amides is 2. The standard InChI is InChI=1S/C23H30N2O4/c1-28-23(29-2)20-10-6-12-25(20)22(27)19-9-5-11-24(19)21(26)15-16-13-17-7-3-4-8-18(17)14-16/h3-4,7-8,13,19-20,23H,5-6,9-12,14-15H2,1-2H3/t19-,20?/m0/s1. The molecule has 1 aromatic carbocycles. The van der Waals surface area contributed by atoms with Crippen LogP contribution in [-0.4, -0.2) is 67.3 Å². The lowest BCUT2D eigenvalue weighted by atomic mass is 10.1. The van der Waals surface area contributed by atoms with Gasteiger partial charge in [0.15, 0.2) is 6.29 Å². The Hall–Kier alpha value is -2.18. The monoisotopic (exact) mass is 398 g/mol. The van der Waals surface area contributed by atoms with E-state index in [1.807, 2.05) is 17.0 Å². The molecule has 0 spiro atoms. The van der Waals surface area contributed by atoms with Crippen molar-refractivity contribution in [2.75, 3.05) is 27.3 Å². The van der Waals surface area contributed by atoms with Crippen molar-refractivity contribution in [2.45, 2.75) is 56.9 Å². The summed E-state index contributed by atoms with van der Waals surface area (Å²) in [6.45, 7) is 1.36. The van der Waals surface area contributed by atoms with Crippen molar-refractivity contribution in [3.05, 3.63) is 41.0 Å². The number of nitrogens with zero attached hydrogens (tertiary/aromatic N) is 2. The second kappa shape index (κ2) is 8.67. The number of rotatable bonds is 6. The minimum Gasteiger partial charge on any atom is -0.354 e. The minimum absolute atomic E-state index is 0.0427. The molecule has 0 bridgehead atoms. The number of methoxy groups -OCH3 is 2. The first-order chi connectivity index (χ1) is 14.1. The minimum atomic E-state index is -0.422. The Bertz CT molecular complexity index is 802. The second-order valence-electron chi connectivity index (χ2n) is 8.18. The summed E-state index contributed by atoms with van der Waals surface area (Å²) in [4.78, 5) is 30.1. The highest BCUT2D eigenvalue weighted by Gasteiger charge is 2.42. The number of likely N-dealkylation sites (tertiary alicyclic amines) is 2. The number of ether oxygens (including phenoxy) is 2. The molecule has 1 unspecified atom stereocenters. The van der Waals surface area contributed by atoms with Crippen LogP contribution in [0.2, 0.25) is 0 Å². The maximum atomic E-state index is 13.3.